The summed E-state index contributed by atoms with van der Waals surface area (Å²) in [6.07, 6.45) is 2.42. The molecule has 0 rings (SSSR count). The lowest BCUT2D eigenvalue weighted by atomic mass is 10.0. The predicted octanol–water partition coefficient (Wildman–Crippen LogP) is 1.38. The monoisotopic (exact) mass is 258 g/mol. The minimum absolute atomic E-state index is 0.00393. The lowest BCUT2D eigenvalue weighted by Gasteiger charge is -2.15. The van der Waals surface area contributed by atoms with Crippen LogP contribution in [0.3, 0.4) is 0 Å². The zero-order chi connectivity index (χ0) is 14.1. The van der Waals surface area contributed by atoms with Crippen molar-refractivity contribution in [1.29, 1.82) is 0 Å². The van der Waals surface area contributed by atoms with Crippen LogP contribution in [-0.4, -0.2) is 35.6 Å². The average Bonchev–Trinajstić information content (AvgIpc) is 2.25. The largest absolute Gasteiger partial charge is 0.481 e. The first-order chi connectivity index (χ1) is 8.32. The third-order valence-electron chi connectivity index (χ3n) is 2.76. The summed E-state index contributed by atoms with van der Waals surface area (Å²) < 4.78 is 0. The summed E-state index contributed by atoms with van der Waals surface area (Å²) in [5.41, 5.74) is 0. The molecule has 0 aromatic heterocycles. The fourth-order valence-electron chi connectivity index (χ4n) is 1.60. The van der Waals surface area contributed by atoms with Crippen molar-refractivity contribution < 1.29 is 14.7 Å². The Morgan fingerprint density at radius 3 is 2.22 bits per heavy atom. The van der Waals surface area contributed by atoms with E-state index in [1.165, 1.54) is 0 Å². The van der Waals surface area contributed by atoms with Crippen LogP contribution in [0.25, 0.3) is 0 Å². The summed E-state index contributed by atoms with van der Waals surface area (Å²) in [5, 5.41) is 14.7. The number of carboxylic acids is 1. The summed E-state index contributed by atoms with van der Waals surface area (Å²) in [5.74, 6) is -1.04. The van der Waals surface area contributed by atoms with Crippen LogP contribution >= 0.6 is 0 Å². The van der Waals surface area contributed by atoms with Crippen molar-refractivity contribution >= 4 is 11.9 Å². The molecule has 3 N–H and O–H groups in total. The summed E-state index contributed by atoms with van der Waals surface area (Å²) in [6.45, 7) is 7.89. The molecule has 0 spiro atoms. The molecule has 0 radical (unpaired) electrons. The molecule has 0 aliphatic carbocycles. The fourth-order valence-corrected chi connectivity index (χ4v) is 1.60. The Bertz CT molecular complexity index is 267. The molecule has 0 fully saturated rings. The molecule has 5 nitrogen and oxygen atoms in total. The maximum Gasteiger partial charge on any atom is 0.306 e. The summed E-state index contributed by atoms with van der Waals surface area (Å²) >= 11 is 0. The summed E-state index contributed by atoms with van der Waals surface area (Å²) in [7, 11) is 0. The molecule has 2 atom stereocenters. The molecular formula is C13H26N2O3. The Morgan fingerprint density at radius 2 is 1.72 bits per heavy atom. The molecule has 0 aliphatic heterocycles. The fraction of sp³-hybridized carbons (Fsp3) is 0.846. The number of carbonyl (C=O) groups excluding carboxylic acids is 1. The van der Waals surface area contributed by atoms with E-state index in [9.17, 15) is 9.59 Å². The van der Waals surface area contributed by atoms with Crippen molar-refractivity contribution in [2.45, 2.75) is 59.0 Å². The van der Waals surface area contributed by atoms with Gasteiger partial charge in [-0.15, -0.1) is 0 Å². The first-order valence-electron chi connectivity index (χ1n) is 6.58. The SMILES string of the molecule is CC(C)NC(=O)CNC(C)CCCC(C)C(=O)O. The topological polar surface area (TPSA) is 78.4 Å². The van der Waals surface area contributed by atoms with Gasteiger partial charge in [-0.2, -0.15) is 0 Å². The van der Waals surface area contributed by atoms with E-state index in [0.717, 1.165) is 12.8 Å². The highest BCUT2D eigenvalue weighted by molar-refractivity contribution is 5.78. The molecule has 0 aromatic carbocycles. The van der Waals surface area contributed by atoms with Gasteiger partial charge in [-0.05, 0) is 33.6 Å². The number of carbonyl (C=O) groups is 2. The van der Waals surface area contributed by atoms with E-state index >= 15 is 0 Å². The molecule has 0 aromatic rings. The van der Waals surface area contributed by atoms with Gasteiger partial charge >= 0.3 is 5.97 Å². The number of nitrogens with one attached hydrogen (secondary N) is 2. The van der Waals surface area contributed by atoms with E-state index in [2.05, 4.69) is 10.6 Å². The van der Waals surface area contributed by atoms with Gasteiger partial charge in [-0.1, -0.05) is 13.3 Å². The van der Waals surface area contributed by atoms with Gasteiger partial charge in [0.25, 0.3) is 0 Å². The van der Waals surface area contributed by atoms with Gasteiger partial charge in [0.1, 0.15) is 0 Å². The van der Waals surface area contributed by atoms with Crippen LogP contribution in [-0.2, 0) is 9.59 Å². The van der Waals surface area contributed by atoms with E-state index in [4.69, 9.17) is 5.11 Å². The highest BCUT2D eigenvalue weighted by Crippen LogP contribution is 2.09. The number of hydrogen-bond acceptors (Lipinski definition) is 3. The van der Waals surface area contributed by atoms with Crippen LogP contribution in [0.4, 0.5) is 0 Å². The van der Waals surface area contributed by atoms with E-state index in [0.29, 0.717) is 13.0 Å². The number of rotatable bonds is 9. The zero-order valence-electron chi connectivity index (χ0n) is 11.8. The zero-order valence-corrected chi connectivity index (χ0v) is 11.8. The Kier molecular flexibility index (Phi) is 8.37. The number of carboxylic acid groups (broad SMARTS) is 1. The van der Waals surface area contributed by atoms with Gasteiger partial charge < -0.3 is 15.7 Å². The van der Waals surface area contributed by atoms with Crippen LogP contribution < -0.4 is 10.6 Å². The minimum atomic E-state index is -0.744. The highest BCUT2D eigenvalue weighted by Gasteiger charge is 2.11. The van der Waals surface area contributed by atoms with Crippen LogP contribution in [0, 0.1) is 5.92 Å². The smallest absolute Gasteiger partial charge is 0.306 e. The lowest BCUT2D eigenvalue weighted by molar-refractivity contribution is -0.141. The second-order valence-corrected chi connectivity index (χ2v) is 5.17. The lowest BCUT2D eigenvalue weighted by Crippen LogP contribution is -2.40. The number of hydrogen-bond donors (Lipinski definition) is 3. The maximum atomic E-state index is 11.4. The van der Waals surface area contributed by atoms with Gasteiger partial charge in [0.2, 0.25) is 5.91 Å². The number of amides is 1. The standard InChI is InChI=1S/C13H26N2O3/c1-9(2)15-12(16)8-14-11(4)7-5-6-10(3)13(17)18/h9-11,14H,5-8H2,1-4H3,(H,15,16)(H,17,18). The van der Waals surface area contributed by atoms with E-state index in [1.54, 1.807) is 6.92 Å². The summed E-state index contributed by atoms with van der Waals surface area (Å²) in [4.78, 5) is 22.0. The van der Waals surface area contributed by atoms with Gasteiger partial charge in [0, 0.05) is 12.1 Å². The van der Waals surface area contributed by atoms with E-state index < -0.39 is 5.97 Å². The minimum Gasteiger partial charge on any atom is -0.481 e. The van der Waals surface area contributed by atoms with Crippen molar-refractivity contribution in [3.63, 3.8) is 0 Å². The second kappa shape index (κ2) is 8.91. The quantitative estimate of drug-likeness (QED) is 0.584. The normalized spacial score (nSPS) is 14.3. The van der Waals surface area contributed by atoms with E-state index in [1.807, 2.05) is 20.8 Å². The van der Waals surface area contributed by atoms with Crippen molar-refractivity contribution in [3.8, 4) is 0 Å². The molecule has 0 saturated heterocycles. The summed E-state index contributed by atoms with van der Waals surface area (Å²) in [6, 6.07) is 0.384. The highest BCUT2D eigenvalue weighted by atomic mass is 16.4. The molecule has 0 saturated carbocycles. The average molecular weight is 258 g/mol. The van der Waals surface area contributed by atoms with Crippen molar-refractivity contribution in [1.82, 2.24) is 10.6 Å². The maximum absolute atomic E-state index is 11.4. The van der Waals surface area contributed by atoms with E-state index in [-0.39, 0.29) is 23.9 Å². The third kappa shape index (κ3) is 8.98. The van der Waals surface area contributed by atoms with Crippen LogP contribution in [0.15, 0.2) is 0 Å². The molecule has 0 heterocycles. The molecule has 2 unspecified atom stereocenters. The van der Waals surface area contributed by atoms with Crippen molar-refractivity contribution in [2.75, 3.05) is 6.54 Å². The van der Waals surface area contributed by atoms with Crippen LogP contribution in [0.5, 0.6) is 0 Å². The van der Waals surface area contributed by atoms with Gasteiger partial charge in [-0.3, -0.25) is 9.59 Å². The predicted molar refractivity (Wildman–Crippen MR) is 71.4 cm³/mol. The first-order valence-corrected chi connectivity index (χ1v) is 6.58. The Balaban J connectivity index is 3.62. The number of aliphatic carboxylic acids is 1. The Hall–Kier alpha value is -1.10. The molecule has 106 valence electrons. The Labute approximate surface area is 109 Å². The molecule has 5 heteroatoms. The molecule has 1 amide bonds. The Morgan fingerprint density at radius 1 is 1.11 bits per heavy atom. The van der Waals surface area contributed by atoms with Crippen molar-refractivity contribution in [3.05, 3.63) is 0 Å². The van der Waals surface area contributed by atoms with Gasteiger partial charge in [0.05, 0.1) is 12.5 Å². The molecular weight excluding hydrogens is 232 g/mol. The van der Waals surface area contributed by atoms with Gasteiger partial charge in [-0.25, -0.2) is 0 Å². The molecule has 0 bridgehead atoms. The molecule has 0 aliphatic rings. The first kappa shape index (κ1) is 16.9. The van der Waals surface area contributed by atoms with Crippen LogP contribution in [0.1, 0.15) is 47.0 Å². The third-order valence-corrected chi connectivity index (χ3v) is 2.76. The van der Waals surface area contributed by atoms with Crippen LogP contribution in [0.2, 0.25) is 0 Å². The molecule has 18 heavy (non-hydrogen) atoms. The van der Waals surface area contributed by atoms with Gasteiger partial charge in [0.15, 0.2) is 0 Å². The second-order valence-electron chi connectivity index (χ2n) is 5.17. The van der Waals surface area contributed by atoms with Crippen molar-refractivity contribution in [2.24, 2.45) is 5.92 Å².